The smallest absolute Gasteiger partial charge is 0.306 e. The zero-order valence-electron chi connectivity index (χ0n) is 8.73. The highest BCUT2D eigenvalue weighted by atomic mass is 16.6. The van der Waals surface area contributed by atoms with E-state index in [9.17, 15) is 9.90 Å². The number of hydrogen-bond donors (Lipinski definition) is 1. The number of carbonyl (C=O) groups is 1. The molecule has 0 saturated carbocycles. The van der Waals surface area contributed by atoms with Crippen LogP contribution < -0.4 is 0 Å². The Balaban J connectivity index is 2.33. The molecule has 4 heteroatoms. The van der Waals surface area contributed by atoms with E-state index in [1.165, 1.54) is 0 Å². The highest BCUT2D eigenvalue weighted by Gasteiger charge is 2.29. The summed E-state index contributed by atoms with van der Waals surface area (Å²) in [4.78, 5) is 11.2. The molecule has 3 atom stereocenters. The highest BCUT2D eigenvalue weighted by molar-refractivity contribution is 5.69. The van der Waals surface area contributed by atoms with Crippen molar-refractivity contribution in [2.75, 3.05) is 0 Å². The number of aliphatic hydroxyl groups excluding tert-OH is 1. The van der Waals surface area contributed by atoms with E-state index in [0.29, 0.717) is 19.3 Å². The monoisotopic (exact) mass is 202 g/mol. The van der Waals surface area contributed by atoms with Gasteiger partial charge in [-0.3, -0.25) is 4.79 Å². The van der Waals surface area contributed by atoms with Gasteiger partial charge in [0.25, 0.3) is 0 Å². The van der Waals surface area contributed by atoms with Crippen LogP contribution in [0.5, 0.6) is 0 Å². The summed E-state index contributed by atoms with van der Waals surface area (Å²) in [5, 5.41) is 9.17. The molecule has 1 rings (SSSR count). The first-order chi connectivity index (χ1) is 6.63. The number of ether oxygens (including phenoxy) is 2. The Labute approximate surface area is 84.2 Å². The van der Waals surface area contributed by atoms with Gasteiger partial charge in [0, 0.05) is 12.8 Å². The fourth-order valence-corrected chi connectivity index (χ4v) is 1.53. The van der Waals surface area contributed by atoms with Crippen molar-refractivity contribution >= 4 is 5.97 Å². The molecule has 4 nitrogen and oxygen atoms in total. The van der Waals surface area contributed by atoms with E-state index in [-0.39, 0.29) is 18.2 Å². The van der Waals surface area contributed by atoms with Crippen LogP contribution in [-0.4, -0.2) is 29.6 Å². The van der Waals surface area contributed by atoms with Gasteiger partial charge in [-0.2, -0.15) is 0 Å². The number of rotatable bonds is 3. The maximum atomic E-state index is 11.2. The SMILES string of the molecule is CCCC(=O)OC1CCC(O)O[C@H]1C. The lowest BCUT2D eigenvalue weighted by molar-refractivity contribution is -0.206. The molecule has 0 amide bonds. The fourth-order valence-electron chi connectivity index (χ4n) is 1.53. The van der Waals surface area contributed by atoms with E-state index >= 15 is 0 Å². The van der Waals surface area contributed by atoms with Crippen LogP contribution in [0.4, 0.5) is 0 Å². The summed E-state index contributed by atoms with van der Waals surface area (Å²) >= 11 is 0. The second-order valence-electron chi connectivity index (χ2n) is 3.65. The lowest BCUT2D eigenvalue weighted by atomic mass is 10.1. The molecule has 1 saturated heterocycles. The van der Waals surface area contributed by atoms with Crippen LogP contribution in [0.3, 0.4) is 0 Å². The molecule has 1 N–H and O–H groups in total. The van der Waals surface area contributed by atoms with Crippen LogP contribution in [0.15, 0.2) is 0 Å². The average molecular weight is 202 g/mol. The minimum atomic E-state index is -0.703. The Morgan fingerprint density at radius 2 is 2.29 bits per heavy atom. The Morgan fingerprint density at radius 3 is 2.86 bits per heavy atom. The molecular weight excluding hydrogens is 184 g/mol. The summed E-state index contributed by atoms with van der Waals surface area (Å²) in [6, 6.07) is 0. The van der Waals surface area contributed by atoms with E-state index < -0.39 is 6.29 Å². The fraction of sp³-hybridized carbons (Fsp3) is 0.900. The summed E-state index contributed by atoms with van der Waals surface area (Å²) < 4.78 is 10.4. The van der Waals surface area contributed by atoms with E-state index in [1.54, 1.807) is 0 Å². The lowest BCUT2D eigenvalue weighted by Crippen LogP contribution is -2.39. The zero-order valence-corrected chi connectivity index (χ0v) is 8.73. The van der Waals surface area contributed by atoms with E-state index in [4.69, 9.17) is 9.47 Å². The van der Waals surface area contributed by atoms with Crippen molar-refractivity contribution in [2.45, 2.75) is 58.0 Å². The first-order valence-corrected chi connectivity index (χ1v) is 5.16. The van der Waals surface area contributed by atoms with Gasteiger partial charge in [0.2, 0.25) is 0 Å². The highest BCUT2D eigenvalue weighted by Crippen LogP contribution is 2.21. The van der Waals surface area contributed by atoms with Crippen molar-refractivity contribution in [3.63, 3.8) is 0 Å². The normalized spacial score (nSPS) is 32.6. The van der Waals surface area contributed by atoms with Gasteiger partial charge in [-0.05, 0) is 19.8 Å². The number of hydrogen-bond acceptors (Lipinski definition) is 4. The molecule has 0 aromatic rings. The summed E-state index contributed by atoms with van der Waals surface area (Å²) in [5.74, 6) is -0.177. The van der Waals surface area contributed by atoms with Gasteiger partial charge in [-0.1, -0.05) is 6.92 Å². The molecule has 0 bridgehead atoms. The van der Waals surface area contributed by atoms with Crippen LogP contribution in [0.25, 0.3) is 0 Å². The molecule has 14 heavy (non-hydrogen) atoms. The summed E-state index contributed by atoms with van der Waals surface area (Å²) in [6.07, 6.45) is 1.35. The minimum absolute atomic E-state index is 0.177. The van der Waals surface area contributed by atoms with Crippen LogP contribution in [-0.2, 0) is 14.3 Å². The molecular formula is C10H18O4. The zero-order chi connectivity index (χ0) is 10.6. The molecule has 2 unspecified atom stereocenters. The van der Waals surface area contributed by atoms with Crippen molar-refractivity contribution in [1.82, 2.24) is 0 Å². The third-order valence-corrected chi connectivity index (χ3v) is 2.33. The second-order valence-corrected chi connectivity index (χ2v) is 3.65. The molecule has 0 radical (unpaired) electrons. The van der Waals surface area contributed by atoms with Gasteiger partial charge >= 0.3 is 5.97 Å². The summed E-state index contributed by atoms with van der Waals surface area (Å²) in [7, 11) is 0. The van der Waals surface area contributed by atoms with Crippen molar-refractivity contribution in [1.29, 1.82) is 0 Å². The van der Waals surface area contributed by atoms with Gasteiger partial charge < -0.3 is 14.6 Å². The molecule has 1 aliphatic rings. The van der Waals surface area contributed by atoms with E-state index in [0.717, 1.165) is 6.42 Å². The molecule has 0 aromatic carbocycles. The van der Waals surface area contributed by atoms with Crippen LogP contribution >= 0.6 is 0 Å². The van der Waals surface area contributed by atoms with Crippen molar-refractivity contribution in [2.24, 2.45) is 0 Å². The van der Waals surface area contributed by atoms with Gasteiger partial charge in [0.15, 0.2) is 6.29 Å². The molecule has 1 fully saturated rings. The average Bonchev–Trinajstić information content (AvgIpc) is 2.10. The van der Waals surface area contributed by atoms with Gasteiger partial charge in [0.05, 0.1) is 6.10 Å². The second kappa shape index (κ2) is 5.32. The van der Waals surface area contributed by atoms with Crippen molar-refractivity contribution in [3.05, 3.63) is 0 Å². The van der Waals surface area contributed by atoms with Gasteiger partial charge in [0.1, 0.15) is 6.10 Å². The Hall–Kier alpha value is -0.610. The predicted molar refractivity (Wildman–Crippen MR) is 50.6 cm³/mol. The van der Waals surface area contributed by atoms with Crippen molar-refractivity contribution < 1.29 is 19.4 Å². The Bertz CT molecular complexity index is 193. The maximum Gasteiger partial charge on any atom is 0.306 e. The standard InChI is InChI=1S/C10H18O4/c1-3-4-9(11)14-8-5-6-10(12)13-7(8)2/h7-8,10,12H,3-6H2,1-2H3/t7-,8?,10?/m0/s1. The third-order valence-electron chi connectivity index (χ3n) is 2.33. The number of aliphatic hydroxyl groups is 1. The van der Waals surface area contributed by atoms with Gasteiger partial charge in [-0.15, -0.1) is 0 Å². The molecule has 0 aromatic heterocycles. The molecule has 1 aliphatic heterocycles. The topological polar surface area (TPSA) is 55.8 Å². The number of carbonyl (C=O) groups excluding carboxylic acids is 1. The third kappa shape index (κ3) is 3.27. The first-order valence-electron chi connectivity index (χ1n) is 5.16. The summed E-state index contributed by atoms with van der Waals surface area (Å²) in [6.45, 7) is 3.75. The van der Waals surface area contributed by atoms with Crippen molar-refractivity contribution in [3.8, 4) is 0 Å². The first kappa shape index (κ1) is 11.5. The van der Waals surface area contributed by atoms with Crippen LogP contribution in [0.2, 0.25) is 0 Å². The van der Waals surface area contributed by atoms with E-state index in [1.807, 2.05) is 13.8 Å². The minimum Gasteiger partial charge on any atom is -0.460 e. The maximum absolute atomic E-state index is 11.2. The molecule has 1 heterocycles. The molecule has 0 spiro atoms. The molecule has 82 valence electrons. The van der Waals surface area contributed by atoms with Crippen LogP contribution in [0, 0.1) is 0 Å². The van der Waals surface area contributed by atoms with E-state index in [2.05, 4.69) is 0 Å². The Morgan fingerprint density at radius 1 is 1.57 bits per heavy atom. The predicted octanol–water partition coefficient (Wildman–Crippen LogP) is 1.22. The number of esters is 1. The van der Waals surface area contributed by atoms with Gasteiger partial charge in [-0.25, -0.2) is 0 Å². The quantitative estimate of drug-likeness (QED) is 0.699. The Kier molecular flexibility index (Phi) is 4.35. The summed E-state index contributed by atoms with van der Waals surface area (Å²) in [5.41, 5.74) is 0. The van der Waals surface area contributed by atoms with Crippen LogP contribution in [0.1, 0.15) is 39.5 Å². The lowest BCUT2D eigenvalue weighted by Gasteiger charge is -2.31. The largest absolute Gasteiger partial charge is 0.460 e. The molecule has 0 aliphatic carbocycles.